The van der Waals surface area contributed by atoms with Crippen LogP contribution in [0.5, 0.6) is 0 Å². The van der Waals surface area contributed by atoms with Gasteiger partial charge < -0.3 is 15.6 Å². The number of aliphatic hydroxyl groups is 1. The van der Waals surface area contributed by atoms with Crippen LogP contribution in [0.25, 0.3) is 5.69 Å². The van der Waals surface area contributed by atoms with E-state index in [9.17, 15) is 27.9 Å². The van der Waals surface area contributed by atoms with Crippen LogP contribution in [0.15, 0.2) is 45.1 Å². The number of nitrogens with two attached hydrogens (primary N) is 1. The zero-order valence-corrected chi connectivity index (χ0v) is 15.4. The molecule has 2 aromatic rings. The first-order chi connectivity index (χ1) is 13.5. The number of ether oxygens (including phenoxy) is 1. The van der Waals surface area contributed by atoms with E-state index in [1.165, 1.54) is 31.2 Å². The fraction of sp³-hybridized carbons (Fsp3) is 0.333. The van der Waals surface area contributed by atoms with E-state index in [-0.39, 0.29) is 16.7 Å². The normalized spacial score (nSPS) is 19.5. The van der Waals surface area contributed by atoms with E-state index in [4.69, 9.17) is 5.73 Å². The van der Waals surface area contributed by atoms with Gasteiger partial charge >= 0.3 is 12.1 Å². The Morgan fingerprint density at radius 1 is 1.34 bits per heavy atom. The number of fused-ring (bicyclic) bond motifs is 1. The van der Waals surface area contributed by atoms with Gasteiger partial charge in [-0.05, 0) is 24.6 Å². The van der Waals surface area contributed by atoms with E-state index in [2.05, 4.69) is 14.7 Å². The number of halogens is 3. The molecule has 1 aliphatic rings. The summed E-state index contributed by atoms with van der Waals surface area (Å²) >= 11 is 0. The third kappa shape index (κ3) is 3.27. The molecule has 0 spiro atoms. The minimum atomic E-state index is -5.12. The Labute approximate surface area is 161 Å². The van der Waals surface area contributed by atoms with Gasteiger partial charge in [-0.15, -0.1) is 0 Å². The lowest BCUT2D eigenvalue weighted by atomic mass is 9.99. The third-order valence-electron chi connectivity index (χ3n) is 4.58. The van der Waals surface area contributed by atoms with Crippen LogP contribution < -0.4 is 22.1 Å². The van der Waals surface area contributed by atoms with Crippen LogP contribution in [0.3, 0.4) is 0 Å². The van der Waals surface area contributed by atoms with Crippen molar-refractivity contribution in [1.82, 2.24) is 4.57 Å². The molecule has 1 aliphatic heterocycles. The molecule has 1 aromatic heterocycles. The average molecular weight is 410 g/mol. The number of esters is 1. The molecular weight excluding hydrogens is 393 g/mol. The Balaban J connectivity index is 2.39. The molecule has 0 amide bonds. The van der Waals surface area contributed by atoms with Crippen LogP contribution in [0.1, 0.15) is 18.6 Å². The minimum Gasteiger partial charge on any atom is -0.467 e. The number of rotatable bonds is 3. The van der Waals surface area contributed by atoms with E-state index in [0.29, 0.717) is 5.56 Å². The van der Waals surface area contributed by atoms with Crippen LogP contribution in [0.2, 0.25) is 0 Å². The summed E-state index contributed by atoms with van der Waals surface area (Å²) in [5.74, 6) is -1.65. The van der Waals surface area contributed by atoms with Crippen LogP contribution in [-0.2, 0) is 9.53 Å². The molecular formula is C18H17F3N4O4. The molecule has 0 aliphatic carbocycles. The smallest absolute Gasteiger partial charge is 0.426 e. The van der Waals surface area contributed by atoms with Gasteiger partial charge in [-0.2, -0.15) is 13.2 Å². The first-order valence-electron chi connectivity index (χ1n) is 8.41. The van der Waals surface area contributed by atoms with Crippen molar-refractivity contribution in [2.45, 2.75) is 24.7 Å². The van der Waals surface area contributed by atoms with E-state index in [1.807, 2.05) is 0 Å². The lowest BCUT2D eigenvalue weighted by Crippen LogP contribution is -2.60. The number of methoxy groups -OCH3 is 1. The first kappa shape index (κ1) is 20.5. The van der Waals surface area contributed by atoms with E-state index in [1.54, 1.807) is 0 Å². The molecule has 0 bridgehead atoms. The predicted octanol–water partition coefficient (Wildman–Crippen LogP) is 0.200. The Hall–Kier alpha value is -3.21. The summed E-state index contributed by atoms with van der Waals surface area (Å²) in [5.41, 5.74) is 1.74. The van der Waals surface area contributed by atoms with Crippen molar-refractivity contribution >= 4 is 11.7 Å². The van der Waals surface area contributed by atoms with Crippen LogP contribution in [0, 0.1) is 0 Å². The van der Waals surface area contributed by atoms with Gasteiger partial charge in [0.25, 0.3) is 11.1 Å². The average Bonchev–Trinajstić information content (AvgIpc) is 2.66. The second-order valence-electron chi connectivity index (χ2n) is 6.49. The van der Waals surface area contributed by atoms with E-state index < -0.39 is 41.4 Å². The number of hydrogen-bond acceptors (Lipinski definition) is 7. The SMILES string of the molecule is COC(=O)C1(C(F)(F)F)CN=c2c(N)cc(=O)n(-c3ccc(C(C)O)cc3)c2=N1. The molecule has 3 N–H and O–H groups in total. The predicted molar refractivity (Wildman–Crippen MR) is 95.1 cm³/mol. The zero-order valence-electron chi connectivity index (χ0n) is 15.4. The van der Waals surface area contributed by atoms with Crippen LogP contribution in [0.4, 0.5) is 18.9 Å². The Bertz CT molecular complexity index is 1140. The van der Waals surface area contributed by atoms with Crippen molar-refractivity contribution in [3.8, 4) is 5.69 Å². The quantitative estimate of drug-likeness (QED) is 0.701. The molecule has 2 heterocycles. The number of carbonyl (C=O) groups excluding carboxylic acids is 1. The molecule has 0 saturated heterocycles. The fourth-order valence-corrected chi connectivity index (χ4v) is 2.98. The number of carbonyl (C=O) groups is 1. The van der Waals surface area contributed by atoms with Gasteiger partial charge in [0.15, 0.2) is 5.49 Å². The molecule has 1 aromatic carbocycles. The first-order valence-corrected chi connectivity index (χ1v) is 8.41. The minimum absolute atomic E-state index is 0.131. The zero-order chi connectivity index (χ0) is 21.6. The summed E-state index contributed by atoms with van der Waals surface area (Å²) in [6, 6.07) is 6.88. The highest BCUT2D eigenvalue weighted by Crippen LogP contribution is 2.35. The van der Waals surface area contributed by atoms with Crippen molar-refractivity contribution in [2.24, 2.45) is 9.98 Å². The second kappa shape index (κ2) is 6.99. The Morgan fingerprint density at radius 3 is 2.48 bits per heavy atom. The maximum absolute atomic E-state index is 13.8. The Morgan fingerprint density at radius 2 is 1.97 bits per heavy atom. The lowest BCUT2D eigenvalue weighted by Gasteiger charge is -2.29. The number of hydrogen-bond donors (Lipinski definition) is 2. The largest absolute Gasteiger partial charge is 0.467 e. The second-order valence-corrected chi connectivity index (χ2v) is 6.49. The monoisotopic (exact) mass is 410 g/mol. The number of benzene rings is 1. The van der Waals surface area contributed by atoms with Crippen molar-refractivity contribution in [3.05, 3.63) is 57.1 Å². The summed E-state index contributed by atoms with van der Waals surface area (Å²) in [4.78, 5) is 32.0. The molecule has 11 heteroatoms. The number of alkyl halides is 3. The summed E-state index contributed by atoms with van der Waals surface area (Å²) in [5, 5.41) is 9.49. The molecule has 2 atom stereocenters. The molecule has 0 saturated carbocycles. The maximum atomic E-state index is 13.8. The van der Waals surface area contributed by atoms with Gasteiger partial charge in [-0.3, -0.25) is 14.4 Å². The topological polar surface area (TPSA) is 119 Å². The number of pyridine rings is 1. The van der Waals surface area contributed by atoms with E-state index >= 15 is 0 Å². The standard InChI is InChI=1S/C18H17F3N4O4/c1-9(26)10-3-5-11(6-4-10)25-13(27)7-12(22)14-15(25)24-17(8-23-14,16(28)29-2)18(19,20)21/h3-7,9,26H,8,22H2,1-2H3. The van der Waals surface area contributed by atoms with Crippen molar-refractivity contribution < 1.29 is 27.8 Å². The number of nitrogen functional groups attached to an aromatic ring is 1. The number of anilines is 1. The molecule has 2 unspecified atom stereocenters. The highest BCUT2D eigenvalue weighted by atomic mass is 19.4. The van der Waals surface area contributed by atoms with E-state index in [0.717, 1.165) is 17.7 Å². The molecule has 0 fully saturated rings. The summed E-state index contributed by atoms with van der Waals surface area (Å²) in [6.45, 7) is 0.480. The van der Waals surface area contributed by atoms with Gasteiger partial charge in [-0.25, -0.2) is 9.79 Å². The molecule has 29 heavy (non-hydrogen) atoms. The van der Waals surface area contributed by atoms with Gasteiger partial charge in [0.05, 0.1) is 31.1 Å². The van der Waals surface area contributed by atoms with Gasteiger partial charge in [0.1, 0.15) is 5.36 Å². The third-order valence-corrected chi connectivity index (χ3v) is 4.58. The highest BCUT2D eigenvalue weighted by Gasteiger charge is 2.63. The molecule has 8 nitrogen and oxygen atoms in total. The van der Waals surface area contributed by atoms with Gasteiger partial charge in [0, 0.05) is 6.07 Å². The lowest BCUT2D eigenvalue weighted by molar-refractivity contribution is -0.202. The van der Waals surface area contributed by atoms with Crippen molar-refractivity contribution in [2.75, 3.05) is 19.4 Å². The highest BCUT2D eigenvalue weighted by molar-refractivity contribution is 5.82. The molecule has 154 valence electrons. The number of aromatic nitrogens is 1. The van der Waals surface area contributed by atoms with Gasteiger partial charge in [0.2, 0.25) is 0 Å². The summed E-state index contributed by atoms with van der Waals surface area (Å²) in [6.07, 6.45) is -5.90. The fourth-order valence-electron chi connectivity index (χ4n) is 2.98. The number of nitrogens with zero attached hydrogens (tertiary/aromatic N) is 3. The van der Waals surface area contributed by atoms with Crippen LogP contribution >= 0.6 is 0 Å². The van der Waals surface area contributed by atoms with Gasteiger partial charge in [-0.1, -0.05) is 12.1 Å². The van der Waals surface area contributed by atoms with Crippen LogP contribution in [-0.4, -0.2) is 41.0 Å². The maximum Gasteiger partial charge on any atom is 0.426 e. The van der Waals surface area contributed by atoms with Crippen molar-refractivity contribution in [1.29, 1.82) is 0 Å². The molecule has 3 rings (SSSR count). The number of aliphatic hydroxyl groups excluding tert-OH is 1. The Kier molecular flexibility index (Phi) is 4.95. The summed E-state index contributed by atoms with van der Waals surface area (Å²) < 4.78 is 46.6. The summed E-state index contributed by atoms with van der Waals surface area (Å²) in [7, 11) is 0.808. The van der Waals surface area contributed by atoms with Crippen molar-refractivity contribution in [3.63, 3.8) is 0 Å². The molecule has 0 radical (unpaired) electrons.